The molecule has 33 heavy (non-hydrogen) atoms. The van der Waals surface area contributed by atoms with E-state index in [0.29, 0.717) is 28.6 Å². The van der Waals surface area contributed by atoms with Crippen molar-refractivity contribution in [2.45, 2.75) is 19.6 Å². The normalized spacial score (nSPS) is 11.2. The van der Waals surface area contributed by atoms with Gasteiger partial charge in [-0.15, -0.1) is 11.3 Å². The minimum Gasteiger partial charge on any atom is -0.493 e. The molecule has 0 aliphatic heterocycles. The van der Waals surface area contributed by atoms with Crippen LogP contribution in [-0.2, 0) is 22.3 Å². The van der Waals surface area contributed by atoms with Gasteiger partial charge in [0, 0.05) is 29.2 Å². The fourth-order valence-corrected chi connectivity index (χ4v) is 4.14. The van der Waals surface area contributed by atoms with Gasteiger partial charge in [-0.25, -0.2) is 9.78 Å². The monoisotopic (exact) mass is 480 g/mol. The van der Waals surface area contributed by atoms with Gasteiger partial charge in [0.15, 0.2) is 18.1 Å². The maximum Gasteiger partial charge on any atom is 0.416 e. The lowest BCUT2D eigenvalue weighted by Gasteiger charge is -2.20. The Morgan fingerprint density at radius 1 is 1.09 bits per heavy atom. The van der Waals surface area contributed by atoms with Crippen LogP contribution in [0.2, 0.25) is 0 Å². The average molecular weight is 481 g/mol. The highest BCUT2D eigenvalue weighted by Crippen LogP contribution is 2.35. The summed E-state index contributed by atoms with van der Waals surface area (Å²) in [5.41, 5.74) is 1.61. The van der Waals surface area contributed by atoms with Crippen LogP contribution in [0.5, 0.6) is 11.5 Å². The number of aryl methyl sites for hydroxylation is 1. The number of rotatable bonds is 8. The second kappa shape index (κ2) is 10.1. The zero-order chi connectivity index (χ0) is 24.2. The number of nitrogens with zero attached hydrogens (tertiary/aromatic N) is 2. The second-order valence-electron chi connectivity index (χ2n) is 7.16. The van der Waals surface area contributed by atoms with Crippen LogP contribution in [0.4, 0.5) is 18.9 Å². The van der Waals surface area contributed by atoms with Crippen molar-refractivity contribution in [1.29, 1.82) is 0 Å². The highest BCUT2D eigenvalue weighted by atomic mass is 32.1. The summed E-state index contributed by atoms with van der Waals surface area (Å²) < 4.78 is 53.8. The zero-order valence-corrected chi connectivity index (χ0v) is 19.3. The number of ether oxygens (including phenoxy) is 3. The van der Waals surface area contributed by atoms with Gasteiger partial charge in [0.1, 0.15) is 5.01 Å². The average Bonchev–Trinajstić information content (AvgIpc) is 3.16. The number of carbonyl (C=O) groups excluding carboxylic acids is 1. The number of halogens is 3. The summed E-state index contributed by atoms with van der Waals surface area (Å²) in [6.45, 7) is 2.18. The first-order chi connectivity index (χ1) is 15.6. The van der Waals surface area contributed by atoms with Gasteiger partial charge in [-0.2, -0.15) is 13.2 Å². The molecule has 0 bridgehead atoms. The molecule has 0 amide bonds. The lowest BCUT2D eigenvalue weighted by Crippen LogP contribution is -2.16. The minimum atomic E-state index is -4.37. The summed E-state index contributed by atoms with van der Waals surface area (Å²) in [4.78, 5) is 18.8. The molecule has 0 saturated heterocycles. The molecular formula is C23H23F3N2O4S. The molecule has 3 aromatic rings. The Bertz CT molecular complexity index is 1110. The highest BCUT2D eigenvalue weighted by molar-refractivity contribution is 7.15. The van der Waals surface area contributed by atoms with Crippen molar-refractivity contribution in [2.24, 2.45) is 0 Å². The first-order valence-corrected chi connectivity index (χ1v) is 10.7. The van der Waals surface area contributed by atoms with Crippen LogP contribution in [0.25, 0.3) is 10.6 Å². The molecule has 0 spiro atoms. The van der Waals surface area contributed by atoms with Crippen molar-refractivity contribution in [2.75, 3.05) is 32.8 Å². The van der Waals surface area contributed by atoms with Crippen LogP contribution in [0.1, 0.15) is 16.1 Å². The molecule has 0 atom stereocenters. The molecule has 0 N–H and O–H groups in total. The van der Waals surface area contributed by atoms with Gasteiger partial charge in [-0.3, -0.25) is 0 Å². The van der Waals surface area contributed by atoms with Crippen LogP contribution in [0.3, 0.4) is 0 Å². The van der Waals surface area contributed by atoms with Gasteiger partial charge in [0.25, 0.3) is 0 Å². The number of hydrogen-bond acceptors (Lipinski definition) is 7. The molecule has 2 aromatic carbocycles. The smallest absolute Gasteiger partial charge is 0.416 e. The fourth-order valence-electron chi connectivity index (χ4n) is 3.02. The van der Waals surface area contributed by atoms with E-state index >= 15 is 0 Å². The molecule has 1 aromatic heterocycles. The standard InChI is InChI=1S/C23H23F3N2O4S/c1-14-20(33-22(27-14)15-5-7-16(8-6-15)23(24,25)26)12-28(2)17-9-10-18(19(11-17)30-3)32-13-21(29)31-4/h5-11H,12-13H2,1-4H3. The van der Waals surface area contributed by atoms with E-state index in [1.165, 1.54) is 37.7 Å². The molecule has 0 radical (unpaired) electrons. The van der Waals surface area contributed by atoms with Gasteiger partial charge < -0.3 is 19.1 Å². The number of alkyl halides is 3. The third-order valence-electron chi connectivity index (χ3n) is 4.89. The number of aromatic nitrogens is 1. The Morgan fingerprint density at radius 3 is 2.39 bits per heavy atom. The van der Waals surface area contributed by atoms with Gasteiger partial charge >= 0.3 is 12.1 Å². The first-order valence-electron chi connectivity index (χ1n) is 9.85. The predicted octanol–water partition coefficient (Wildman–Crippen LogP) is 5.33. The molecule has 0 fully saturated rings. The summed E-state index contributed by atoms with van der Waals surface area (Å²) >= 11 is 1.43. The van der Waals surface area contributed by atoms with E-state index in [-0.39, 0.29) is 6.61 Å². The molecular weight excluding hydrogens is 457 g/mol. The topological polar surface area (TPSA) is 60.9 Å². The van der Waals surface area contributed by atoms with Crippen molar-refractivity contribution in [3.05, 3.63) is 58.6 Å². The van der Waals surface area contributed by atoms with E-state index in [9.17, 15) is 18.0 Å². The van der Waals surface area contributed by atoms with Crippen molar-refractivity contribution >= 4 is 23.0 Å². The number of anilines is 1. The lowest BCUT2D eigenvalue weighted by atomic mass is 10.1. The van der Waals surface area contributed by atoms with Gasteiger partial charge in [-0.1, -0.05) is 12.1 Å². The lowest BCUT2D eigenvalue weighted by molar-refractivity contribution is -0.143. The van der Waals surface area contributed by atoms with E-state index in [4.69, 9.17) is 9.47 Å². The minimum absolute atomic E-state index is 0.227. The zero-order valence-electron chi connectivity index (χ0n) is 18.5. The number of esters is 1. The molecule has 0 unspecified atom stereocenters. The van der Waals surface area contributed by atoms with Crippen molar-refractivity contribution in [3.63, 3.8) is 0 Å². The summed E-state index contributed by atoms with van der Waals surface area (Å²) in [5, 5.41) is 0.661. The molecule has 0 aliphatic carbocycles. The summed E-state index contributed by atoms with van der Waals surface area (Å²) in [5.74, 6) is 0.385. The molecule has 176 valence electrons. The Balaban J connectivity index is 1.74. The summed E-state index contributed by atoms with van der Waals surface area (Å²) in [6, 6.07) is 10.3. The van der Waals surface area contributed by atoms with Gasteiger partial charge in [0.05, 0.1) is 32.0 Å². The number of methoxy groups -OCH3 is 2. The van der Waals surface area contributed by atoms with E-state index in [1.807, 2.05) is 24.9 Å². The first kappa shape index (κ1) is 24.4. The van der Waals surface area contributed by atoms with E-state index in [0.717, 1.165) is 28.4 Å². The van der Waals surface area contributed by atoms with Gasteiger partial charge in [-0.05, 0) is 31.2 Å². The van der Waals surface area contributed by atoms with E-state index < -0.39 is 17.7 Å². The highest BCUT2D eigenvalue weighted by Gasteiger charge is 2.30. The predicted molar refractivity (Wildman–Crippen MR) is 120 cm³/mol. The Hall–Kier alpha value is -3.27. The molecule has 3 rings (SSSR count). The molecule has 6 nitrogen and oxygen atoms in total. The Labute approximate surface area is 193 Å². The number of hydrogen-bond donors (Lipinski definition) is 0. The second-order valence-corrected chi connectivity index (χ2v) is 8.24. The van der Waals surface area contributed by atoms with E-state index in [2.05, 4.69) is 9.72 Å². The van der Waals surface area contributed by atoms with Gasteiger partial charge in [0.2, 0.25) is 0 Å². The number of benzene rings is 2. The summed E-state index contributed by atoms with van der Waals surface area (Å²) in [7, 11) is 4.69. The SMILES string of the molecule is COC(=O)COc1ccc(N(C)Cc2sc(-c3ccc(C(F)(F)F)cc3)nc2C)cc1OC. The van der Waals surface area contributed by atoms with Crippen molar-refractivity contribution < 1.29 is 32.2 Å². The van der Waals surface area contributed by atoms with E-state index in [1.54, 1.807) is 12.1 Å². The quantitative estimate of drug-likeness (QED) is 0.406. The Morgan fingerprint density at radius 2 is 1.79 bits per heavy atom. The van der Waals surface area contributed by atoms with Crippen LogP contribution >= 0.6 is 11.3 Å². The maximum absolute atomic E-state index is 12.8. The Kier molecular flexibility index (Phi) is 7.47. The number of thiazole rings is 1. The third kappa shape index (κ3) is 5.95. The third-order valence-corrected chi connectivity index (χ3v) is 6.09. The van der Waals surface area contributed by atoms with Crippen LogP contribution in [-0.4, -0.2) is 38.8 Å². The largest absolute Gasteiger partial charge is 0.493 e. The van der Waals surface area contributed by atoms with Crippen LogP contribution in [0, 0.1) is 6.92 Å². The van der Waals surface area contributed by atoms with Crippen molar-refractivity contribution in [3.8, 4) is 22.1 Å². The maximum atomic E-state index is 12.8. The summed E-state index contributed by atoms with van der Waals surface area (Å²) in [6.07, 6.45) is -4.37. The molecule has 0 aliphatic rings. The molecule has 10 heteroatoms. The van der Waals surface area contributed by atoms with Crippen molar-refractivity contribution in [1.82, 2.24) is 4.98 Å². The fraction of sp³-hybridized carbons (Fsp3) is 0.304. The van der Waals surface area contributed by atoms with Crippen LogP contribution in [0.15, 0.2) is 42.5 Å². The van der Waals surface area contributed by atoms with Crippen LogP contribution < -0.4 is 14.4 Å². The number of carbonyl (C=O) groups is 1. The molecule has 1 heterocycles. The molecule has 0 saturated carbocycles.